The molecule has 0 spiro atoms. The fourth-order valence-electron chi connectivity index (χ4n) is 10.9. The van der Waals surface area contributed by atoms with Gasteiger partial charge < -0.3 is 8.97 Å². The molecule has 0 aliphatic heterocycles. The van der Waals surface area contributed by atoms with E-state index in [0.717, 1.165) is 43.7 Å². The highest BCUT2D eigenvalue weighted by atomic mass is 32.1. The minimum absolute atomic E-state index is 0.669. The lowest BCUT2D eigenvalue weighted by Gasteiger charge is -2.12. The summed E-state index contributed by atoms with van der Waals surface area (Å²) in [7, 11) is 0. The molecule has 62 heavy (non-hydrogen) atoms. The van der Waals surface area contributed by atoms with E-state index in [1.54, 1.807) is 11.3 Å². The lowest BCUT2D eigenvalue weighted by molar-refractivity contribution is 1.02. The molecule has 9 aromatic carbocycles. The summed E-state index contributed by atoms with van der Waals surface area (Å²) in [6.07, 6.45) is 0. The first-order chi connectivity index (χ1) is 30.8. The Labute approximate surface area is 356 Å². The van der Waals surface area contributed by atoms with Gasteiger partial charge in [0.25, 0.3) is 0 Å². The van der Waals surface area contributed by atoms with E-state index in [0.29, 0.717) is 5.95 Å². The van der Waals surface area contributed by atoms with Crippen LogP contribution in [0.1, 0.15) is 0 Å². The van der Waals surface area contributed by atoms with E-state index in [1.165, 1.54) is 86.0 Å². The fourth-order valence-corrected chi connectivity index (χ4v) is 11.9. The van der Waals surface area contributed by atoms with Crippen LogP contribution in [0, 0.1) is 0 Å². The Morgan fingerprint density at radius 1 is 0.371 bits per heavy atom. The molecule has 0 unspecified atom stereocenters. The minimum Gasteiger partial charge on any atom is -0.309 e. The van der Waals surface area contributed by atoms with Crippen LogP contribution in [0.3, 0.4) is 0 Å². The molecule has 6 heteroatoms. The molecule has 0 N–H and O–H groups in total. The number of para-hydroxylation sites is 4. The molecule has 5 nitrogen and oxygen atoms in total. The van der Waals surface area contributed by atoms with Crippen molar-refractivity contribution in [3.63, 3.8) is 0 Å². The predicted molar refractivity (Wildman–Crippen MR) is 261 cm³/mol. The van der Waals surface area contributed by atoms with Gasteiger partial charge in [0.2, 0.25) is 5.95 Å². The number of nitrogens with zero attached hydrogens (tertiary/aromatic N) is 5. The van der Waals surface area contributed by atoms with Crippen LogP contribution >= 0.6 is 11.3 Å². The Morgan fingerprint density at radius 2 is 1.03 bits per heavy atom. The van der Waals surface area contributed by atoms with Crippen LogP contribution in [-0.2, 0) is 0 Å². The summed E-state index contributed by atoms with van der Waals surface area (Å²) >= 11 is 1.74. The second kappa shape index (κ2) is 11.8. The Kier molecular flexibility index (Phi) is 6.24. The van der Waals surface area contributed by atoms with Crippen molar-refractivity contribution in [3.8, 4) is 22.9 Å². The van der Waals surface area contributed by atoms with E-state index < -0.39 is 0 Å². The Balaban J connectivity index is 1.10. The smallest absolute Gasteiger partial charge is 0.236 e. The highest BCUT2D eigenvalue weighted by Gasteiger charge is 2.27. The quantitative estimate of drug-likeness (QED) is 0.178. The van der Waals surface area contributed by atoms with Gasteiger partial charge in [0, 0.05) is 69.8 Å². The molecule has 0 aliphatic carbocycles. The van der Waals surface area contributed by atoms with Crippen molar-refractivity contribution in [1.82, 2.24) is 23.5 Å². The molecule has 0 saturated heterocycles. The first kappa shape index (κ1) is 32.8. The van der Waals surface area contributed by atoms with Crippen molar-refractivity contribution in [2.75, 3.05) is 0 Å². The number of hydrogen-bond acceptors (Lipinski definition) is 3. The molecule has 15 rings (SSSR count). The van der Waals surface area contributed by atoms with Crippen molar-refractivity contribution in [1.29, 1.82) is 0 Å². The predicted octanol–water partition coefficient (Wildman–Crippen LogP) is 15.0. The summed E-state index contributed by atoms with van der Waals surface area (Å²) in [5, 5.41) is 14.6. The third-order valence-corrected chi connectivity index (χ3v) is 14.4. The molecule has 0 fully saturated rings. The van der Waals surface area contributed by atoms with E-state index >= 15 is 0 Å². The van der Waals surface area contributed by atoms with Gasteiger partial charge in [-0.05, 0) is 65.4 Å². The summed E-state index contributed by atoms with van der Waals surface area (Å²) in [5.41, 5.74) is 11.3. The number of fused-ring (bicyclic) bond motifs is 18. The molecule has 0 amide bonds. The van der Waals surface area contributed by atoms with Gasteiger partial charge >= 0.3 is 0 Å². The molecule has 0 saturated carbocycles. The van der Waals surface area contributed by atoms with E-state index in [9.17, 15) is 0 Å². The SMILES string of the molecule is c1ccc(-n2c3ccccc3c3ccc(-c4nc(-n5c6ccccc6c6cc7c8c9ccccc9ccc8n8c9ccccc9c(c65)c78)nc5sc6ccccc6c45)cc32)cc1. The third-order valence-electron chi connectivity index (χ3n) is 13.4. The average molecular weight is 806 g/mol. The van der Waals surface area contributed by atoms with Gasteiger partial charge in [0.1, 0.15) is 4.83 Å². The second-order valence-electron chi connectivity index (χ2n) is 16.5. The van der Waals surface area contributed by atoms with Crippen LogP contribution in [0.5, 0.6) is 0 Å². The first-order valence-corrected chi connectivity index (χ1v) is 21.9. The van der Waals surface area contributed by atoms with Crippen molar-refractivity contribution in [2.24, 2.45) is 0 Å². The minimum atomic E-state index is 0.669. The zero-order valence-electron chi connectivity index (χ0n) is 33.0. The van der Waals surface area contributed by atoms with Gasteiger partial charge in [-0.15, -0.1) is 11.3 Å². The van der Waals surface area contributed by atoms with Crippen molar-refractivity contribution < 1.29 is 0 Å². The van der Waals surface area contributed by atoms with Gasteiger partial charge in [-0.2, -0.15) is 0 Å². The zero-order valence-corrected chi connectivity index (χ0v) is 33.9. The molecular formula is C56H31N5S. The van der Waals surface area contributed by atoms with Crippen LogP contribution in [0.2, 0.25) is 0 Å². The second-order valence-corrected chi connectivity index (χ2v) is 17.5. The summed E-state index contributed by atoms with van der Waals surface area (Å²) in [6, 6.07) is 68.4. The van der Waals surface area contributed by atoms with E-state index in [1.807, 2.05) is 0 Å². The van der Waals surface area contributed by atoms with Crippen LogP contribution in [0.15, 0.2) is 188 Å². The molecule has 6 aromatic heterocycles. The normalized spacial score (nSPS) is 12.5. The summed E-state index contributed by atoms with van der Waals surface area (Å²) < 4.78 is 8.43. The lowest BCUT2D eigenvalue weighted by atomic mass is 10.00. The molecule has 286 valence electrons. The van der Waals surface area contributed by atoms with Crippen molar-refractivity contribution in [3.05, 3.63) is 188 Å². The average Bonchev–Trinajstić information content (AvgIpc) is 4.13. The summed E-state index contributed by atoms with van der Waals surface area (Å²) in [4.78, 5) is 12.3. The maximum absolute atomic E-state index is 5.75. The topological polar surface area (TPSA) is 40.0 Å². The van der Waals surface area contributed by atoms with Gasteiger partial charge in [-0.25, -0.2) is 9.97 Å². The fraction of sp³-hybridized carbons (Fsp3) is 0. The molecule has 0 aliphatic rings. The standard InChI is InChI=1S/C56H31N5S/c1-2-15-34(16-3-1)59-43-22-10-6-18-36(43)38-28-26-33(30-47(38)59)52-50-40-21-9-13-25-48(40)62-55(50)58-56(57-52)61-44-23-11-7-19-37(44)41-31-42-49-35-17-5-4-14-32(35)27-29-46(49)60-45-24-12-8-20-39(45)51(53(41)61)54(42)60/h1-31H. The molecule has 6 heterocycles. The van der Waals surface area contributed by atoms with Crippen LogP contribution < -0.4 is 0 Å². The monoisotopic (exact) mass is 805 g/mol. The summed E-state index contributed by atoms with van der Waals surface area (Å²) in [6.45, 7) is 0. The maximum atomic E-state index is 5.75. The molecule has 0 radical (unpaired) electrons. The van der Waals surface area contributed by atoms with Crippen molar-refractivity contribution >= 4 is 124 Å². The van der Waals surface area contributed by atoms with Gasteiger partial charge in [0.15, 0.2) is 0 Å². The number of rotatable bonds is 3. The van der Waals surface area contributed by atoms with Gasteiger partial charge in [0.05, 0.1) is 44.3 Å². The molecule has 15 aromatic rings. The Hall–Kier alpha value is -8.06. The Morgan fingerprint density at radius 3 is 1.87 bits per heavy atom. The van der Waals surface area contributed by atoms with E-state index in [4.69, 9.17) is 9.97 Å². The van der Waals surface area contributed by atoms with Gasteiger partial charge in [-0.1, -0.05) is 133 Å². The first-order valence-electron chi connectivity index (χ1n) is 21.1. The largest absolute Gasteiger partial charge is 0.309 e. The van der Waals surface area contributed by atoms with Crippen molar-refractivity contribution in [2.45, 2.75) is 0 Å². The van der Waals surface area contributed by atoms with Gasteiger partial charge in [-0.3, -0.25) is 4.57 Å². The number of aromatic nitrogens is 5. The molecule has 0 bridgehead atoms. The Bertz CT molecular complexity index is 4390. The maximum Gasteiger partial charge on any atom is 0.236 e. The molecular weight excluding hydrogens is 775 g/mol. The van der Waals surface area contributed by atoms with E-state index in [-0.39, 0.29) is 0 Å². The van der Waals surface area contributed by atoms with E-state index in [2.05, 4.69) is 202 Å². The highest BCUT2D eigenvalue weighted by molar-refractivity contribution is 7.25. The van der Waals surface area contributed by atoms with Crippen LogP contribution in [-0.4, -0.2) is 23.5 Å². The lowest BCUT2D eigenvalue weighted by Crippen LogP contribution is -2.03. The zero-order chi connectivity index (χ0) is 40.2. The highest BCUT2D eigenvalue weighted by Crippen LogP contribution is 2.48. The number of benzene rings is 9. The van der Waals surface area contributed by atoms with Crippen LogP contribution in [0.4, 0.5) is 0 Å². The molecule has 0 atom stereocenters. The van der Waals surface area contributed by atoms with Crippen LogP contribution in [0.25, 0.3) is 136 Å². The number of thiophene rings is 1. The number of hydrogen-bond donors (Lipinski definition) is 0. The third kappa shape index (κ3) is 4.12. The summed E-state index contributed by atoms with van der Waals surface area (Å²) in [5.74, 6) is 0.669.